The lowest BCUT2D eigenvalue weighted by Crippen LogP contribution is -2.37. The number of nitrogens with one attached hydrogen (secondary N) is 2. The van der Waals surface area contributed by atoms with Crippen LogP contribution in [-0.2, 0) is 4.79 Å². The molecule has 1 aromatic rings. The highest BCUT2D eigenvalue weighted by molar-refractivity contribution is 5.93. The maximum Gasteiger partial charge on any atom is 0.230 e. The van der Waals surface area contributed by atoms with E-state index in [1.54, 1.807) is 6.07 Å². The standard InChI is InChI=1S/C12H17N3O2/c1-8-4-5-10(16)11(14-8)15-12(17)9-3-2-6-13-7-9/h4-5,9,13,16H,2-3,6-7H2,1H3,(H,14,15,17)/t9-/m0/s1. The second kappa shape index (κ2) is 5.14. The van der Waals surface area contributed by atoms with Gasteiger partial charge in [0.15, 0.2) is 11.6 Å². The number of carbonyl (C=O) groups is 1. The van der Waals surface area contributed by atoms with Crippen molar-refractivity contribution in [1.82, 2.24) is 10.3 Å². The van der Waals surface area contributed by atoms with E-state index in [0.29, 0.717) is 6.54 Å². The summed E-state index contributed by atoms with van der Waals surface area (Å²) in [6.07, 6.45) is 1.89. The van der Waals surface area contributed by atoms with Gasteiger partial charge in [0.05, 0.1) is 5.92 Å². The molecule has 0 spiro atoms. The average molecular weight is 235 g/mol. The van der Waals surface area contributed by atoms with Gasteiger partial charge in [0.2, 0.25) is 5.91 Å². The number of amides is 1. The van der Waals surface area contributed by atoms with Crippen molar-refractivity contribution in [2.45, 2.75) is 19.8 Å². The fraction of sp³-hybridized carbons (Fsp3) is 0.500. The fourth-order valence-electron chi connectivity index (χ4n) is 1.94. The number of anilines is 1. The normalized spacial score (nSPS) is 19.9. The molecule has 0 radical (unpaired) electrons. The smallest absolute Gasteiger partial charge is 0.230 e. The van der Waals surface area contributed by atoms with Crippen LogP contribution in [0.3, 0.4) is 0 Å². The summed E-state index contributed by atoms with van der Waals surface area (Å²) < 4.78 is 0. The van der Waals surface area contributed by atoms with Gasteiger partial charge in [0.25, 0.3) is 0 Å². The van der Waals surface area contributed by atoms with Gasteiger partial charge in [0.1, 0.15) is 0 Å². The highest BCUT2D eigenvalue weighted by atomic mass is 16.3. The summed E-state index contributed by atoms with van der Waals surface area (Å²) in [6.45, 7) is 3.48. The monoisotopic (exact) mass is 235 g/mol. The molecule has 0 bridgehead atoms. The minimum absolute atomic E-state index is 0.00715. The molecule has 1 aliphatic heterocycles. The Labute approximate surface area is 100 Å². The fourth-order valence-corrected chi connectivity index (χ4v) is 1.94. The summed E-state index contributed by atoms with van der Waals surface area (Å²) in [7, 11) is 0. The van der Waals surface area contributed by atoms with Gasteiger partial charge in [-0.3, -0.25) is 4.79 Å². The molecule has 2 heterocycles. The minimum atomic E-state index is -0.0781. The van der Waals surface area contributed by atoms with Crippen LogP contribution in [0.25, 0.3) is 0 Å². The van der Waals surface area contributed by atoms with Crippen LogP contribution >= 0.6 is 0 Å². The van der Waals surface area contributed by atoms with Crippen LogP contribution in [0.2, 0.25) is 0 Å². The molecule has 1 saturated heterocycles. The van der Waals surface area contributed by atoms with Crippen LogP contribution in [0.1, 0.15) is 18.5 Å². The van der Waals surface area contributed by atoms with Crippen LogP contribution in [0.15, 0.2) is 12.1 Å². The summed E-state index contributed by atoms with van der Waals surface area (Å²) in [5.74, 6) is 0.143. The molecule has 0 saturated carbocycles. The van der Waals surface area contributed by atoms with Gasteiger partial charge in [-0.2, -0.15) is 0 Å². The lowest BCUT2D eigenvalue weighted by molar-refractivity contribution is -0.120. The molecule has 5 nitrogen and oxygen atoms in total. The largest absolute Gasteiger partial charge is 0.504 e. The SMILES string of the molecule is Cc1ccc(O)c(NC(=O)[C@H]2CCCNC2)n1. The van der Waals surface area contributed by atoms with E-state index in [4.69, 9.17) is 0 Å². The van der Waals surface area contributed by atoms with Crippen LogP contribution in [-0.4, -0.2) is 29.1 Å². The second-order valence-electron chi connectivity index (χ2n) is 4.35. The first kappa shape index (κ1) is 11.9. The van der Waals surface area contributed by atoms with Crippen molar-refractivity contribution in [3.05, 3.63) is 17.8 Å². The molecule has 1 aromatic heterocycles. The van der Waals surface area contributed by atoms with Crippen LogP contribution < -0.4 is 10.6 Å². The first-order valence-corrected chi connectivity index (χ1v) is 5.85. The zero-order chi connectivity index (χ0) is 12.3. The van der Waals surface area contributed by atoms with Crippen molar-refractivity contribution in [2.24, 2.45) is 5.92 Å². The number of piperidine rings is 1. The number of aryl methyl sites for hydroxylation is 1. The number of hydrogen-bond acceptors (Lipinski definition) is 4. The van der Waals surface area contributed by atoms with Gasteiger partial charge in [-0.1, -0.05) is 0 Å². The van der Waals surface area contributed by atoms with Crippen molar-refractivity contribution in [2.75, 3.05) is 18.4 Å². The van der Waals surface area contributed by atoms with Crippen molar-refractivity contribution in [1.29, 1.82) is 0 Å². The molecule has 3 N–H and O–H groups in total. The van der Waals surface area contributed by atoms with Crippen LogP contribution in [0, 0.1) is 12.8 Å². The Morgan fingerprint density at radius 1 is 1.59 bits per heavy atom. The Morgan fingerprint density at radius 2 is 2.41 bits per heavy atom. The first-order chi connectivity index (χ1) is 8.16. The second-order valence-corrected chi connectivity index (χ2v) is 4.35. The minimum Gasteiger partial charge on any atom is -0.504 e. The van der Waals surface area contributed by atoms with Gasteiger partial charge in [-0.05, 0) is 38.4 Å². The third-order valence-corrected chi connectivity index (χ3v) is 2.92. The molecule has 1 atom stereocenters. The lowest BCUT2D eigenvalue weighted by Gasteiger charge is -2.21. The van der Waals surface area contributed by atoms with E-state index in [2.05, 4.69) is 15.6 Å². The van der Waals surface area contributed by atoms with E-state index in [9.17, 15) is 9.90 Å². The molecule has 17 heavy (non-hydrogen) atoms. The Balaban J connectivity index is 2.04. The predicted molar refractivity (Wildman–Crippen MR) is 64.9 cm³/mol. The molecule has 92 valence electrons. The predicted octanol–water partition coefficient (Wildman–Crippen LogP) is 1.03. The molecule has 0 aromatic carbocycles. The third kappa shape index (κ3) is 2.94. The molecule has 0 aliphatic carbocycles. The van der Waals surface area contributed by atoms with Crippen LogP contribution in [0.4, 0.5) is 5.82 Å². The first-order valence-electron chi connectivity index (χ1n) is 5.85. The van der Waals surface area contributed by atoms with E-state index in [-0.39, 0.29) is 23.4 Å². The number of aromatic hydroxyl groups is 1. The summed E-state index contributed by atoms with van der Waals surface area (Å²) in [5.41, 5.74) is 0.764. The maximum atomic E-state index is 11.9. The molecule has 2 rings (SSSR count). The van der Waals surface area contributed by atoms with E-state index >= 15 is 0 Å². The summed E-state index contributed by atoms with van der Waals surface area (Å²) >= 11 is 0. The number of pyridine rings is 1. The third-order valence-electron chi connectivity index (χ3n) is 2.92. The van der Waals surface area contributed by atoms with Crippen molar-refractivity contribution >= 4 is 11.7 Å². The Kier molecular flexibility index (Phi) is 3.58. The van der Waals surface area contributed by atoms with Gasteiger partial charge < -0.3 is 15.7 Å². The maximum absolute atomic E-state index is 11.9. The number of hydrogen-bond donors (Lipinski definition) is 3. The van der Waals surface area contributed by atoms with E-state index in [1.807, 2.05) is 6.92 Å². The summed E-state index contributed by atoms with van der Waals surface area (Å²) in [5, 5.41) is 15.5. The van der Waals surface area contributed by atoms with Gasteiger partial charge in [-0.15, -0.1) is 0 Å². The Morgan fingerprint density at radius 3 is 3.12 bits per heavy atom. The van der Waals surface area contributed by atoms with Crippen LogP contribution in [0.5, 0.6) is 5.75 Å². The summed E-state index contributed by atoms with van der Waals surface area (Å²) in [4.78, 5) is 16.0. The van der Waals surface area contributed by atoms with E-state index in [0.717, 1.165) is 25.1 Å². The van der Waals surface area contributed by atoms with Gasteiger partial charge in [-0.25, -0.2) is 4.98 Å². The molecule has 1 aliphatic rings. The number of aromatic nitrogens is 1. The molecule has 1 amide bonds. The highest BCUT2D eigenvalue weighted by Gasteiger charge is 2.21. The molecular formula is C12H17N3O2. The summed E-state index contributed by atoms with van der Waals surface area (Å²) in [6, 6.07) is 3.24. The number of nitrogens with zero attached hydrogens (tertiary/aromatic N) is 1. The average Bonchev–Trinajstić information content (AvgIpc) is 2.35. The Bertz CT molecular complexity index is 414. The highest BCUT2D eigenvalue weighted by Crippen LogP contribution is 2.21. The Hall–Kier alpha value is -1.62. The molecule has 1 fully saturated rings. The van der Waals surface area contributed by atoms with E-state index < -0.39 is 0 Å². The topological polar surface area (TPSA) is 74.2 Å². The van der Waals surface area contributed by atoms with Crippen molar-refractivity contribution in [3.63, 3.8) is 0 Å². The van der Waals surface area contributed by atoms with Crippen molar-refractivity contribution < 1.29 is 9.90 Å². The number of rotatable bonds is 2. The van der Waals surface area contributed by atoms with Gasteiger partial charge in [0, 0.05) is 12.2 Å². The molecular weight excluding hydrogens is 218 g/mol. The van der Waals surface area contributed by atoms with Gasteiger partial charge >= 0.3 is 0 Å². The zero-order valence-corrected chi connectivity index (χ0v) is 9.86. The quantitative estimate of drug-likeness (QED) is 0.716. The lowest BCUT2D eigenvalue weighted by atomic mass is 9.99. The number of carbonyl (C=O) groups excluding carboxylic acids is 1. The van der Waals surface area contributed by atoms with Crippen molar-refractivity contribution in [3.8, 4) is 5.75 Å². The van der Waals surface area contributed by atoms with E-state index in [1.165, 1.54) is 6.07 Å². The molecule has 0 unspecified atom stereocenters. The molecule has 5 heteroatoms. The zero-order valence-electron chi connectivity index (χ0n) is 9.86.